The number of hydrazone groups is 1. The van der Waals surface area contributed by atoms with E-state index in [1.807, 2.05) is 37.3 Å². The lowest BCUT2D eigenvalue weighted by atomic mass is 10.2. The molecule has 1 N–H and O–H groups in total. The van der Waals surface area contributed by atoms with Gasteiger partial charge in [-0.3, -0.25) is 4.79 Å². The number of halogens is 2. The maximum Gasteiger partial charge on any atom is 0.271 e. The molecule has 0 aliphatic heterocycles. The summed E-state index contributed by atoms with van der Waals surface area (Å²) in [5, 5.41) is 4.10. The van der Waals surface area contributed by atoms with E-state index in [9.17, 15) is 4.79 Å². The molecule has 3 aromatic carbocycles. The standard InChI is InChI=1S/C27H26BrIN2O5/c1-4-12-35-23-11-8-20(15-24(23)34-5-2)27(32)31-30-16-19-13-22(29)26(25(14-19)33-3)36-17-18-6-9-21(28)10-7-18/h4,6-11,13-16H,1,5,12,17H2,2-3H3,(H,31,32)/b30-16+. The molecule has 0 unspecified atom stereocenters. The van der Waals surface area contributed by atoms with Crippen molar-refractivity contribution in [1.82, 2.24) is 5.43 Å². The summed E-state index contributed by atoms with van der Waals surface area (Å²) < 4.78 is 24.6. The Kier molecular flexibility index (Phi) is 10.6. The van der Waals surface area contributed by atoms with E-state index in [-0.39, 0.29) is 5.91 Å². The van der Waals surface area contributed by atoms with Crippen LogP contribution in [-0.2, 0) is 6.61 Å². The van der Waals surface area contributed by atoms with Gasteiger partial charge in [-0.05, 0) is 83.1 Å². The van der Waals surface area contributed by atoms with Crippen LogP contribution in [0.4, 0.5) is 0 Å². The normalized spacial score (nSPS) is 10.7. The van der Waals surface area contributed by atoms with Gasteiger partial charge in [0.05, 0.1) is 23.5 Å². The molecule has 3 rings (SSSR count). The lowest BCUT2D eigenvalue weighted by molar-refractivity contribution is 0.0954. The number of amides is 1. The van der Waals surface area contributed by atoms with E-state index in [0.29, 0.717) is 48.4 Å². The molecule has 0 aliphatic rings. The molecule has 3 aromatic rings. The average molecular weight is 665 g/mol. The first kappa shape index (κ1) is 27.5. The molecule has 0 atom stereocenters. The Balaban J connectivity index is 1.68. The molecule has 0 spiro atoms. The van der Waals surface area contributed by atoms with E-state index in [1.54, 1.807) is 43.7 Å². The maximum atomic E-state index is 12.6. The summed E-state index contributed by atoms with van der Waals surface area (Å²) in [4.78, 5) is 12.6. The Bertz CT molecular complexity index is 1230. The quantitative estimate of drug-likeness (QED) is 0.105. The van der Waals surface area contributed by atoms with Crippen LogP contribution in [0.5, 0.6) is 23.0 Å². The number of ether oxygens (including phenoxy) is 4. The zero-order valence-corrected chi connectivity index (χ0v) is 23.7. The van der Waals surface area contributed by atoms with Crippen LogP contribution < -0.4 is 24.4 Å². The third kappa shape index (κ3) is 7.72. The van der Waals surface area contributed by atoms with E-state index < -0.39 is 0 Å². The average Bonchev–Trinajstić information content (AvgIpc) is 2.88. The summed E-state index contributed by atoms with van der Waals surface area (Å²) in [7, 11) is 1.58. The number of carbonyl (C=O) groups excluding carboxylic acids is 1. The fourth-order valence-corrected chi connectivity index (χ4v) is 4.15. The van der Waals surface area contributed by atoms with Gasteiger partial charge in [-0.2, -0.15) is 5.10 Å². The second kappa shape index (κ2) is 13.9. The van der Waals surface area contributed by atoms with Crippen molar-refractivity contribution in [2.75, 3.05) is 20.3 Å². The zero-order valence-electron chi connectivity index (χ0n) is 19.9. The molecular weight excluding hydrogens is 639 g/mol. The molecule has 0 aromatic heterocycles. The van der Waals surface area contributed by atoms with Crippen LogP contribution in [0.2, 0.25) is 0 Å². The molecule has 1 amide bonds. The molecule has 36 heavy (non-hydrogen) atoms. The predicted octanol–water partition coefficient (Wildman–Crippen LogP) is 6.37. The van der Waals surface area contributed by atoms with E-state index >= 15 is 0 Å². The van der Waals surface area contributed by atoms with Gasteiger partial charge in [0.15, 0.2) is 23.0 Å². The molecule has 0 bridgehead atoms. The minimum Gasteiger partial charge on any atom is -0.493 e. The van der Waals surface area contributed by atoms with E-state index in [4.69, 9.17) is 18.9 Å². The van der Waals surface area contributed by atoms with Crippen LogP contribution >= 0.6 is 38.5 Å². The predicted molar refractivity (Wildman–Crippen MR) is 153 cm³/mol. The Hall–Kier alpha value is -3.05. The van der Waals surface area contributed by atoms with Crippen molar-refractivity contribution in [3.63, 3.8) is 0 Å². The molecule has 188 valence electrons. The first-order chi connectivity index (χ1) is 17.4. The van der Waals surface area contributed by atoms with Crippen LogP contribution in [0.15, 0.2) is 76.8 Å². The summed E-state index contributed by atoms with van der Waals surface area (Å²) in [6, 6.07) is 16.6. The van der Waals surface area contributed by atoms with Gasteiger partial charge in [-0.25, -0.2) is 5.43 Å². The number of carbonyl (C=O) groups is 1. The van der Waals surface area contributed by atoms with Gasteiger partial charge in [-0.1, -0.05) is 40.7 Å². The highest BCUT2D eigenvalue weighted by Gasteiger charge is 2.13. The van der Waals surface area contributed by atoms with Crippen molar-refractivity contribution in [3.05, 3.63) is 92.0 Å². The minimum atomic E-state index is -0.376. The fourth-order valence-electron chi connectivity index (χ4n) is 3.11. The van der Waals surface area contributed by atoms with Crippen LogP contribution in [0.25, 0.3) is 0 Å². The first-order valence-electron chi connectivity index (χ1n) is 11.0. The maximum absolute atomic E-state index is 12.6. The van der Waals surface area contributed by atoms with Crippen LogP contribution in [0.3, 0.4) is 0 Å². The van der Waals surface area contributed by atoms with Gasteiger partial charge in [0, 0.05) is 10.0 Å². The van der Waals surface area contributed by atoms with Gasteiger partial charge in [0.25, 0.3) is 5.91 Å². The monoisotopic (exact) mass is 664 g/mol. The molecule has 0 saturated carbocycles. The van der Waals surface area contributed by atoms with Crippen molar-refractivity contribution in [2.45, 2.75) is 13.5 Å². The van der Waals surface area contributed by atoms with Crippen LogP contribution in [-0.4, -0.2) is 32.4 Å². The highest BCUT2D eigenvalue weighted by Crippen LogP contribution is 2.34. The molecule has 0 aliphatic carbocycles. The number of benzene rings is 3. The number of methoxy groups -OCH3 is 1. The van der Waals surface area contributed by atoms with Crippen molar-refractivity contribution >= 4 is 50.6 Å². The Labute approximate surface area is 232 Å². The number of nitrogens with zero attached hydrogens (tertiary/aromatic N) is 1. The van der Waals surface area contributed by atoms with Crippen LogP contribution in [0, 0.1) is 3.57 Å². The third-order valence-corrected chi connectivity index (χ3v) is 6.12. The molecule has 0 saturated heterocycles. The van der Waals surface area contributed by atoms with E-state index in [2.05, 4.69) is 55.6 Å². The Morgan fingerprint density at radius 1 is 1.06 bits per heavy atom. The lowest BCUT2D eigenvalue weighted by Gasteiger charge is -2.14. The second-order valence-electron chi connectivity index (χ2n) is 7.34. The number of rotatable bonds is 12. The summed E-state index contributed by atoms with van der Waals surface area (Å²) in [5.41, 5.74) is 4.72. The summed E-state index contributed by atoms with van der Waals surface area (Å²) in [6.45, 7) is 6.69. The highest BCUT2D eigenvalue weighted by molar-refractivity contribution is 14.1. The van der Waals surface area contributed by atoms with Gasteiger partial charge in [0.1, 0.15) is 13.2 Å². The number of hydrogen-bond donors (Lipinski definition) is 1. The molecule has 9 heteroatoms. The van der Waals surface area contributed by atoms with E-state index in [1.165, 1.54) is 0 Å². The Morgan fingerprint density at radius 2 is 1.83 bits per heavy atom. The largest absolute Gasteiger partial charge is 0.493 e. The second-order valence-corrected chi connectivity index (χ2v) is 9.42. The fraction of sp³-hybridized carbons (Fsp3) is 0.185. The summed E-state index contributed by atoms with van der Waals surface area (Å²) in [6.07, 6.45) is 3.19. The summed E-state index contributed by atoms with van der Waals surface area (Å²) in [5.74, 6) is 1.86. The van der Waals surface area contributed by atoms with Gasteiger partial charge < -0.3 is 18.9 Å². The van der Waals surface area contributed by atoms with Gasteiger partial charge >= 0.3 is 0 Å². The molecule has 0 radical (unpaired) electrons. The number of nitrogens with one attached hydrogen (secondary N) is 1. The molecule has 0 fully saturated rings. The SMILES string of the molecule is C=CCOc1ccc(C(=O)N/N=C/c2cc(I)c(OCc3ccc(Br)cc3)c(OC)c2)cc1OCC. The van der Waals surface area contributed by atoms with Crippen LogP contribution in [0.1, 0.15) is 28.4 Å². The first-order valence-corrected chi connectivity index (χ1v) is 12.9. The molecule has 0 heterocycles. The highest BCUT2D eigenvalue weighted by atomic mass is 127. The van der Waals surface area contributed by atoms with Crippen molar-refractivity contribution in [2.24, 2.45) is 5.10 Å². The Morgan fingerprint density at radius 3 is 2.53 bits per heavy atom. The van der Waals surface area contributed by atoms with Crippen molar-refractivity contribution in [1.29, 1.82) is 0 Å². The van der Waals surface area contributed by atoms with Crippen molar-refractivity contribution < 1.29 is 23.7 Å². The summed E-state index contributed by atoms with van der Waals surface area (Å²) >= 11 is 5.62. The smallest absolute Gasteiger partial charge is 0.271 e. The minimum absolute atomic E-state index is 0.340. The van der Waals surface area contributed by atoms with Gasteiger partial charge in [0.2, 0.25) is 0 Å². The topological polar surface area (TPSA) is 78.4 Å². The lowest BCUT2D eigenvalue weighted by Crippen LogP contribution is -2.17. The molecule has 7 nitrogen and oxygen atoms in total. The number of hydrogen-bond acceptors (Lipinski definition) is 6. The van der Waals surface area contributed by atoms with E-state index in [0.717, 1.165) is 19.2 Å². The van der Waals surface area contributed by atoms with Gasteiger partial charge in [-0.15, -0.1) is 0 Å². The third-order valence-electron chi connectivity index (χ3n) is 4.79. The van der Waals surface area contributed by atoms with Crippen molar-refractivity contribution in [3.8, 4) is 23.0 Å². The zero-order chi connectivity index (χ0) is 25.9. The molecular formula is C27H26BrIN2O5.